The van der Waals surface area contributed by atoms with Crippen LogP contribution in [0, 0.1) is 0 Å². The van der Waals surface area contributed by atoms with Crippen LogP contribution >= 0.6 is 27.3 Å². The number of carbonyl (C=O) groups is 1. The fraction of sp³-hybridized carbons (Fsp3) is 0.200. The van der Waals surface area contributed by atoms with Crippen LogP contribution in [0.15, 0.2) is 17.6 Å². The molecule has 1 heterocycles. The summed E-state index contributed by atoms with van der Waals surface area (Å²) in [5, 5.41) is 0.326. The molecule has 0 saturated heterocycles. The van der Waals surface area contributed by atoms with Gasteiger partial charge in [-0.05, 0) is 12.1 Å². The molecule has 1 aromatic heterocycles. The maximum absolute atomic E-state index is 11.6. The van der Waals surface area contributed by atoms with Crippen molar-refractivity contribution in [3.05, 3.63) is 23.2 Å². The van der Waals surface area contributed by atoms with E-state index in [-0.39, 0.29) is 5.78 Å². The smallest absolute Gasteiger partial charge is 0.174 e. The third-order valence-corrected chi connectivity index (χ3v) is 3.46. The predicted molar refractivity (Wildman–Crippen MR) is 64.3 cm³/mol. The predicted octanol–water partition coefficient (Wildman–Crippen LogP) is 2.88. The van der Waals surface area contributed by atoms with Crippen molar-refractivity contribution in [2.24, 2.45) is 0 Å². The number of methoxy groups -OCH3 is 1. The summed E-state index contributed by atoms with van der Waals surface area (Å²) < 4.78 is 6.06. The molecule has 0 fully saturated rings. The zero-order valence-corrected chi connectivity index (χ0v) is 10.4. The molecule has 0 unspecified atom stereocenters. The van der Waals surface area contributed by atoms with Crippen LogP contribution in [0.3, 0.4) is 0 Å². The lowest BCUT2D eigenvalue weighted by Crippen LogP contribution is -2.00. The molecule has 0 aliphatic heterocycles. The Morgan fingerprint density at radius 3 is 3.07 bits per heavy atom. The molecule has 0 amide bonds. The van der Waals surface area contributed by atoms with Gasteiger partial charge in [0, 0.05) is 5.56 Å². The molecule has 0 aliphatic rings. The lowest BCUT2D eigenvalue weighted by molar-refractivity contribution is 0.102. The van der Waals surface area contributed by atoms with Gasteiger partial charge in [0.25, 0.3) is 0 Å². The summed E-state index contributed by atoms with van der Waals surface area (Å²) in [6.45, 7) is 0. The summed E-state index contributed by atoms with van der Waals surface area (Å²) in [6.07, 6.45) is 0. The third-order valence-electron chi connectivity index (χ3n) is 2.09. The van der Waals surface area contributed by atoms with E-state index in [9.17, 15) is 4.79 Å². The number of nitrogens with zero attached hydrogens (tertiary/aromatic N) is 1. The minimum atomic E-state index is 0.0619. The second kappa shape index (κ2) is 4.28. The molecule has 0 radical (unpaired) electrons. The second-order valence-electron chi connectivity index (χ2n) is 2.90. The van der Waals surface area contributed by atoms with E-state index in [1.807, 2.05) is 0 Å². The number of aromatic nitrogens is 1. The molecule has 0 N–H and O–H groups in total. The summed E-state index contributed by atoms with van der Waals surface area (Å²) in [7, 11) is 1.60. The molecule has 0 saturated carbocycles. The highest BCUT2D eigenvalue weighted by Gasteiger charge is 2.13. The van der Waals surface area contributed by atoms with Gasteiger partial charge in [0.15, 0.2) is 5.78 Å². The SMILES string of the molecule is COc1ccc(C(=O)CBr)c2scnc12. The summed E-state index contributed by atoms with van der Waals surface area (Å²) in [5.74, 6) is 0.768. The fourth-order valence-electron chi connectivity index (χ4n) is 1.38. The Hall–Kier alpha value is -0.940. The quantitative estimate of drug-likeness (QED) is 0.643. The molecule has 15 heavy (non-hydrogen) atoms. The highest BCUT2D eigenvalue weighted by Crippen LogP contribution is 2.30. The zero-order valence-electron chi connectivity index (χ0n) is 7.99. The number of hydrogen-bond donors (Lipinski definition) is 0. The first-order chi connectivity index (χ1) is 7.27. The molecular formula is C10H8BrNO2S. The summed E-state index contributed by atoms with van der Waals surface area (Å²) in [6, 6.07) is 3.56. The van der Waals surface area contributed by atoms with Gasteiger partial charge in [0.1, 0.15) is 11.3 Å². The molecule has 0 atom stereocenters. The van der Waals surface area contributed by atoms with Crippen LogP contribution in [-0.4, -0.2) is 23.2 Å². The van der Waals surface area contributed by atoms with Crippen LogP contribution in [0.2, 0.25) is 0 Å². The van der Waals surface area contributed by atoms with Crippen LogP contribution in [0.25, 0.3) is 10.2 Å². The molecule has 0 spiro atoms. The van der Waals surface area contributed by atoms with Crippen molar-refractivity contribution in [2.45, 2.75) is 0 Å². The van der Waals surface area contributed by atoms with Crippen molar-refractivity contribution in [2.75, 3.05) is 12.4 Å². The molecular weight excluding hydrogens is 278 g/mol. The van der Waals surface area contributed by atoms with Gasteiger partial charge in [-0.1, -0.05) is 15.9 Å². The Morgan fingerprint density at radius 2 is 2.40 bits per heavy atom. The van der Waals surface area contributed by atoms with Crippen molar-refractivity contribution < 1.29 is 9.53 Å². The monoisotopic (exact) mass is 285 g/mol. The minimum Gasteiger partial charge on any atom is -0.494 e. The number of halogens is 1. The highest BCUT2D eigenvalue weighted by atomic mass is 79.9. The summed E-state index contributed by atoms with van der Waals surface area (Å²) >= 11 is 4.62. The number of alkyl halides is 1. The fourth-order valence-corrected chi connectivity index (χ4v) is 2.52. The van der Waals surface area contributed by atoms with E-state index in [0.717, 1.165) is 10.2 Å². The van der Waals surface area contributed by atoms with Crippen molar-refractivity contribution in [1.82, 2.24) is 4.98 Å². The number of ether oxygens (including phenoxy) is 1. The van der Waals surface area contributed by atoms with Crippen molar-refractivity contribution in [1.29, 1.82) is 0 Å². The Kier molecular flexibility index (Phi) is 3.02. The maximum Gasteiger partial charge on any atom is 0.174 e. The van der Waals surface area contributed by atoms with E-state index in [1.54, 1.807) is 24.8 Å². The minimum absolute atomic E-state index is 0.0619. The Balaban J connectivity index is 2.68. The van der Waals surface area contributed by atoms with Crippen molar-refractivity contribution >= 4 is 43.3 Å². The van der Waals surface area contributed by atoms with Gasteiger partial charge in [-0.15, -0.1) is 11.3 Å². The Morgan fingerprint density at radius 1 is 1.60 bits per heavy atom. The molecule has 1 aromatic carbocycles. The molecule has 78 valence electrons. The number of rotatable bonds is 3. The molecule has 2 rings (SSSR count). The van der Waals surface area contributed by atoms with Crippen LogP contribution in [0.1, 0.15) is 10.4 Å². The number of fused-ring (bicyclic) bond motifs is 1. The van der Waals surface area contributed by atoms with E-state index in [0.29, 0.717) is 16.6 Å². The van der Waals surface area contributed by atoms with Crippen LogP contribution in [0.4, 0.5) is 0 Å². The first-order valence-electron chi connectivity index (χ1n) is 4.27. The van der Waals surface area contributed by atoms with Gasteiger partial charge in [-0.3, -0.25) is 4.79 Å². The highest BCUT2D eigenvalue weighted by molar-refractivity contribution is 9.09. The largest absolute Gasteiger partial charge is 0.494 e. The van der Waals surface area contributed by atoms with E-state index in [1.165, 1.54) is 11.3 Å². The number of Topliss-reactive ketones (excluding diaryl/α,β-unsaturated/α-hetero) is 1. The number of carbonyl (C=O) groups excluding carboxylic acids is 1. The zero-order chi connectivity index (χ0) is 10.8. The van der Waals surface area contributed by atoms with Gasteiger partial charge >= 0.3 is 0 Å². The number of ketones is 1. The standard InChI is InChI=1S/C10H8BrNO2S/c1-14-8-3-2-6(7(13)4-11)10-9(8)12-5-15-10/h2-3,5H,4H2,1H3. The average Bonchev–Trinajstić information content (AvgIpc) is 2.75. The lowest BCUT2D eigenvalue weighted by Gasteiger charge is -2.03. The summed E-state index contributed by atoms with van der Waals surface area (Å²) in [5.41, 5.74) is 3.18. The molecule has 2 aromatic rings. The molecule has 5 heteroatoms. The van der Waals surface area contributed by atoms with E-state index in [4.69, 9.17) is 4.74 Å². The first-order valence-corrected chi connectivity index (χ1v) is 6.27. The van der Waals surface area contributed by atoms with Gasteiger partial charge in [-0.2, -0.15) is 0 Å². The van der Waals surface area contributed by atoms with Gasteiger partial charge in [-0.25, -0.2) is 4.98 Å². The van der Waals surface area contributed by atoms with Crippen molar-refractivity contribution in [3.63, 3.8) is 0 Å². The van der Waals surface area contributed by atoms with E-state index in [2.05, 4.69) is 20.9 Å². The average molecular weight is 286 g/mol. The van der Waals surface area contributed by atoms with Gasteiger partial charge in [0.2, 0.25) is 0 Å². The summed E-state index contributed by atoms with van der Waals surface area (Å²) in [4.78, 5) is 15.8. The Bertz CT molecular complexity index is 509. The number of benzene rings is 1. The number of thiazole rings is 1. The molecule has 0 aliphatic carbocycles. The normalized spacial score (nSPS) is 10.5. The van der Waals surface area contributed by atoms with Crippen LogP contribution in [-0.2, 0) is 0 Å². The molecule has 3 nitrogen and oxygen atoms in total. The van der Waals surface area contributed by atoms with Crippen LogP contribution in [0.5, 0.6) is 5.75 Å². The Labute approximate surface area is 99.2 Å². The molecule has 0 bridgehead atoms. The third kappa shape index (κ3) is 1.77. The topological polar surface area (TPSA) is 39.2 Å². The number of hydrogen-bond acceptors (Lipinski definition) is 4. The lowest BCUT2D eigenvalue weighted by atomic mass is 10.1. The van der Waals surface area contributed by atoms with Gasteiger partial charge < -0.3 is 4.74 Å². The maximum atomic E-state index is 11.6. The first kappa shape index (κ1) is 10.6. The van der Waals surface area contributed by atoms with E-state index < -0.39 is 0 Å². The van der Waals surface area contributed by atoms with Crippen LogP contribution < -0.4 is 4.74 Å². The van der Waals surface area contributed by atoms with Crippen molar-refractivity contribution in [3.8, 4) is 5.75 Å². The van der Waals surface area contributed by atoms with Gasteiger partial charge in [0.05, 0.1) is 22.7 Å². The van der Waals surface area contributed by atoms with E-state index >= 15 is 0 Å². The second-order valence-corrected chi connectivity index (χ2v) is 4.32.